The third-order valence-electron chi connectivity index (χ3n) is 3.34. The van der Waals surface area contributed by atoms with E-state index in [1.54, 1.807) is 0 Å². The van der Waals surface area contributed by atoms with Crippen molar-refractivity contribution in [2.75, 3.05) is 18.8 Å². The Morgan fingerprint density at radius 2 is 2.00 bits per heavy atom. The molecular formula is C13H21N3. The number of nitrogens with zero attached hydrogens (tertiary/aromatic N) is 1. The van der Waals surface area contributed by atoms with Crippen molar-refractivity contribution in [2.24, 2.45) is 5.73 Å². The van der Waals surface area contributed by atoms with Gasteiger partial charge >= 0.3 is 0 Å². The van der Waals surface area contributed by atoms with E-state index < -0.39 is 0 Å². The number of nitrogen functional groups attached to an aromatic ring is 1. The molecule has 4 N–H and O–H groups in total. The topological polar surface area (TPSA) is 55.3 Å². The van der Waals surface area contributed by atoms with Crippen molar-refractivity contribution in [3.8, 4) is 0 Å². The van der Waals surface area contributed by atoms with E-state index in [9.17, 15) is 0 Å². The molecule has 3 heteroatoms. The first kappa shape index (κ1) is 11.4. The normalized spacial score (nSPS) is 26.1. The highest BCUT2D eigenvalue weighted by molar-refractivity contribution is 5.40. The zero-order chi connectivity index (χ0) is 11.5. The molecule has 1 aliphatic heterocycles. The van der Waals surface area contributed by atoms with Gasteiger partial charge in [-0.25, -0.2) is 0 Å². The van der Waals surface area contributed by atoms with Gasteiger partial charge in [-0.3, -0.25) is 4.90 Å². The highest BCUT2D eigenvalue weighted by Crippen LogP contribution is 2.31. The summed E-state index contributed by atoms with van der Waals surface area (Å²) in [5.41, 5.74) is 14.0. The highest BCUT2D eigenvalue weighted by atomic mass is 15.2. The summed E-state index contributed by atoms with van der Waals surface area (Å²) in [5, 5.41) is 0. The van der Waals surface area contributed by atoms with Gasteiger partial charge in [0.15, 0.2) is 0 Å². The monoisotopic (exact) mass is 219 g/mol. The lowest BCUT2D eigenvalue weighted by molar-refractivity contribution is 0.248. The van der Waals surface area contributed by atoms with Crippen LogP contribution in [0.4, 0.5) is 5.69 Å². The van der Waals surface area contributed by atoms with Gasteiger partial charge in [-0.1, -0.05) is 19.1 Å². The van der Waals surface area contributed by atoms with E-state index in [-0.39, 0.29) is 6.04 Å². The first-order valence-corrected chi connectivity index (χ1v) is 6.07. The van der Waals surface area contributed by atoms with Crippen LogP contribution in [0.15, 0.2) is 24.3 Å². The second kappa shape index (κ2) is 4.85. The van der Waals surface area contributed by atoms with E-state index in [4.69, 9.17) is 11.5 Å². The quantitative estimate of drug-likeness (QED) is 0.762. The van der Waals surface area contributed by atoms with Crippen molar-refractivity contribution in [2.45, 2.75) is 31.8 Å². The molecule has 2 atom stereocenters. The average molecular weight is 219 g/mol. The summed E-state index contributed by atoms with van der Waals surface area (Å²) in [7, 11) is 0. The van der Waals surface area contributed by atoms with Crippen molar-refractivity contribution < 1.29 is 0 Å². The fourth-order valence-electron chi connectivity index (χ4n) is 2.57. The van der Waals surface area contributed by atoms with E-state index in [0.29, 0.717) is 6.04 Å². The molecule has 0 spiro atoms. The van der Waals surface area contributed by atoms with Crippen molar-refractivity contribution >= 4 is 5.69 Å². The number of rotatable bonds is 3. The van der Waals surface area contributed by atoms with E-state index >= 15 is 0 Å². The zero-order valence-corrected chi connectivity index (χ0v) is 9.89. The molecule has 1 aromatic rings. The van der Waals surface area contributed by atoms with Crippen LogP contribution in [0, 0.1) is 0 Å². The molecule has 1 heterocycles. The van der Waals surface area contributed by atoms with Gasteiger partial charge in [-0.05, 0) is 37.1 Å². The van der Waals surface area contributed by atoms with Gasteiger partial charge in [0.2, 0.25) is 0 Å². The van der Waals surface area contributed by atoms with Crippen molar-refractivity contribution in [3.05, 3.63) is 29.8 Å². The molecule has 0 radical (unpaired) electrons. The first-order valence-electron chi connectivity index (χ1n) is 6.07. The minimum absolute atomic E-state index is 0.259. The molecule has 0 amide bonds. The van der Waals surface area contributed by atoms with E-state index in [2.05, 4.69) is 24.0 Å². The van der Waals surface area contributed by atoms with Crippen LogP contribution < -0.4 is 11.5 Å². The first-order chi connectivity index (χ1) is 7.72. The van der Waals surface area contributed by atoms with Crippen molar-refractivity contribution in [3.63, 3.8) is 0 Å². The van der Waals surface area contributed by atoms with Crippen molar-refractivity contribution in [1.82, 2.24) is 4.90 Å². The summed E-state index contributed by atoms with van der Waals surface area (Å²) >= 11 is 0. The number of benzene rings is 1. The van der Waals surface area contributed by atoms with Gasteiger partial charge in [0.05, 0.1) is 0 Å². The molecule has 1 fully saturated rings. The van der Waals surface area contributed by atoms with Crippen LogP contribution in [0.25, 0.3) is 0 Å². The van der Waals surface area contributed by atoms with Crippen LogP contribution in [0.2, 0.25) is 0 Å². The Kier molecular flexibility index (Phi) is 3.46. The SMILES string of the molecule is CCCN1CC[C@H](N)[C@H]1c1ccc(N)cc1. The Balaban J connectivity index is 2.19. The predicted molar refractivity (Wildman–Crippen MR) is 68.1 cm³/mol. The van der Waals surface area contributed by atoms with Crippen LogP contribution in [0.1, 0.15) is 31.4 Å². The maximum absolute atomic E-state index is 6.20. The van der Waals surface area contributed by atoms with E-state index in [1.165, 1.54) is 12.0 Å². The molecule has 0 unspecified atom stereocenters. The lowest BCUT2D eigenvalue weighted by Crippen LogP contribution is -2.32. The molecule has 1 aliphatic rings. The minimum Gasteiger partial charge on any atom is -0.399 e. The molecule has 16 heavy (non-hydrogen) atoms. The number of hydrogen-bond donors (Lipinski definition) is 2. The molecule has 1 aromatic carbocycles. The van der Waals surface area contributed by atoms with Crippen LogP contribution in [-0.2, 0) is 0 Å². The molecule has 3 nitrogen and oxygen atoms in total. The minimum atomic E-state index is 0.259. The summed E-state index contributed by atoms with van der Waals surface area (Å²) in [6.45, 7) is 4.46. The van der Waals surface area contributed by atoms with E-state index in [1.807, 2.05) is 12.1 Å². The Bertz CT molecular complexity index is 332. The van der Waals surface area contributed by atoms with Crippen LogP contribution in [0.3, 0.4) is 0 Å². The highest BCUT2D eigenvalue weighted by Gasteiger charge is 2.31. The van der Waals surface area contributed by atoms with Gasteiger partial charge in [-0.15, -0.1) is 0 Å². The lowest BCUT2D eigenvalue weighted by atomic mass is 10.0. The van der Waals surface area contributed by atoms with Crippen LogP contribution in [0.5, 0.6) is 0 Å². The van der Waals surface area contributed by atoms with Crippen molar-refractivity contribution in [1.29, 1.82) is 0 Å². The number of hydrogen-bond acceptors (Lipinski definition) is 3. The molecule has 0 aromatic heterocycles. The van der Waals surface area contributed by atoms with Gasteiger partial charge in [-0.2, -0.15) is 0 Å². The predicted octanol–water partition coefficient (Wildman–Crippen LogP) is 1.75. The second-order valence-electron chi connectivity index (χ2n) is 4.60. The molecule has 0 bridgehead atoms. The number of likely N-dealkylation sites (tertiary alicyclic amines) is 1. The van der Waals surface area contributed by atoms with Gasteiger partial charge in [0.25, 0.3) is 0 Å². The Labute approximate surface area is 97.4 Å². The van der Waals surface area contributed by atoms with Gasteiger partial charge < -0.3 is 11.5 Å². The molecular weight excluding hydrogens is 198 g/mol. The largest absolute Gasteiger partial charge is 0.399 e. The second-order valence-corrected chi connectivity index (χ2v) is 4.60. The van der Waals surface area contributed by atoms with E-state index in [0.717, 1.165) is 25.2 Å². The molecule has 0 aliphatic carbocycles. The molecule has 0 saturated carbocycles. The summed E-state index contributed by atoms with van der Waals surface area (Å²) in [6, 6.07) is 8.77. The third-order valence-corrected chi connectivity index (χ3v) is 3.34. The fourth-order valence-corrected chi connectivity index (χ4v) is 2.57. The fraction of sp³-hybridized carbons (Fsp3) is 0.538. The summed E-state index contributed by atoms with van der Waals surface area (Å²) in [6.07, 6.45) is 2.27. The number of anilines is 1. The zero-order valence-electron chi connectivity index (χ0n) is 9.89. The molecule has 88 valence electrons. The average Bonchev–Trinajstić information content (AvgIpc) is 2.62. The summed E-state index contributed by atoms with van der Waals surface area (Å²) < 4.78 is 0. The third kappa shape index (κ3) is 2.20. The van der Waals surface area contributed by atoms with Crippen LogP contribution >= 0.6 is 0 Å². The summed E-state index contributed by atoms with van der Waals surface area (Å²) in [4.78, 5) is 2.48. The van der Waals surface area contributed by atoms with Gasteiger partial charge in [0, 0.05) is 24.3 Å². The smallest absolute Gasteiger partial charge is 0.0499 e. The number of nitrogens with two attached hydrogens (primary N) is 2. The Morgan fingerprint density at radius 3 is 2.62 bits per heavy atom. The maximum Gasteiger partial charge on any atom is 0.0499 e. The lowest BCUT2D eigenvalue weighted by Gasteiger charge is -2.26. The summed E-state index contributed by atoms with van der Waals surface area (Å²) in [5.74, 6) is 0. The Morgan fingerprint density at radius 1 is 1.31 bits per heavy atom. The standard InChI is InChI=1S/C13H21N3/c1-2-8-16-9-7-12(15)13(16)10-3-5-11(14)6-4-10/h3-6,12-13H,2,7-9,14-15H2,1H3/t12-,13+/m0/s1. The molecule has 2 rings (SSSR count). The van der Waals surface area contributed by atoms with Crippen LogP contribution in [-0.4, -0.2) is 24.0 Å². The maximum atomic E-state index is 6.20. The van der Waals surface area contributed by atoms with Gasteiger partial charge in [0.1, 0.15) is 0 Å². The Hall–Kier alpha value is -1.06. The molecule has 1 saturated heterocycles.